The molecule has 0 aromatic heterocycles. The summed E-state index contributed by atoms with van der Waals surface area (Å²) in [6.45, 7) is 8.04. The Hall–Kier alpha value is -3.12. The minimum absolute atomic E-state index is 0.270. The highest BCUT2D eigenvalue weighted by Crippen LogP contribution is 2.28. The first-order chi connectivity index (χ1) is 14.5. The molecule has 0 saturated carbocycles. The number of benzene rings is 2. The average Bonchev–Trinajstić information content (AvgIpc) is 2.74. The lowest BCUT2D eigenvalue weighted by Gasteiger charge is -2.32. The number of esters is 1. The van der Waals surface area contributed by atoms with Crippen molar-refractivity contribution in [1.82, 2.24) is 15.5 Å². The molecule has 1 aliphatic rings. The largest absolute Gasteiger partial charge is 0.463 e. The van der Waals surface area contributed by atoms with Crippen LogP contribution in [-0.4, -0.2) is 36.6 Å². The van der Waals surface area contributed by atoms with E-state index in [0.717, 1.165) is 24.2 Å². The molecule has 0 fully saturated rings. The van der Waals surface area contributed by atoms with Crippen LogP contribution in [0, 0.1) is 6.92 Å². The summed E-state index contributed by atoms with van der Waals surface area (Å²) in [5.74, 6) is -0.415. The highest BCUT2D eigenvalue weighted by molar-refractivity contribution is 5.95. The van der Waals surface area contributed by atoms with Gasteiger partial charge in [0.05, 0.1) is 18.2 Å². The van der Waals surface area contributed by atoms with Gasteiger partial charge in [0.1, 0.15) is 0 Å². The van der Waals surface area contributed by atoms with Gasteiger partial charge >= 0.3 is 12.0 Å². The minimum atomic E-state index is -0.552. The third-order valence-corrected chi connectivity index (χ3v) is 5.14. The van der Waals surface area contributed by atoms with Crippen LogP contribution in [0.15, 0.2) is 65.9 Å². The summed E-state index contributed by atoms with van der Waals surface area (Å²) >= 11 is 0. The van der Waals surface area contributed by atoms with Gasteiger partial charge < -0.3 is 15.4 Å². The highest BCUT2D eigenvalue weighted by Gasteiger charge is 2.34. The summed E-state index contributed by atoms with van der Waals surface area (Å²) in [6.07, 6.45) is 0. The van der Waals surface area contributed by atoms with Crippen molar-refractivity contribution in [2.24, 2.45) is 0 Å². The summed E-state index contributed by atoms with van der Waals surface area (Å²) in [7, 11) is 0. The van der Waals surface area contributed by atoms with Gasteiger partial charge in [0, 0.05) is 18.8 Å². The lowest BCUT2D eigenvalue weighted by atomic mass is 9.94. The Morgan fingerprint density at radius 3 is 2.37 bits per heavy atom. The van der Waals surface area contributed by atoms with Crippen molar-refractivity contribution in [3.8, 4) is 0 Å². The first kappa shape index (κ1) is 21.6. The molecule has 1 aliphatic heterocycles. The van der Waals surface area contributed by atoms with Crippen LogP contribution < -0.4 is 10.6 Å². The number of ether oxygens (including phenoxy) is 1. The second-order valence-electron chi connectivity index (χ2n) is 7.34. The zero-order valence-corrected chi connectivity index (χ0v) is 17.8. The maximum absolute atomic E-state index is 12.9. The molecule has 6 heteroatoms. The predicted molar refractivity (Wildman–Crippen MR) is 117 cm³/mol. The van der Waals surface area contributed by atoms with Gasteiger partial charge in [-0.05, 0) is 31.5 Å². The van der Waals surface area contributed by atoms with Gasteiger partial charge in [-0.3, -0.25) is 4.90 Å². The van der Waals surface area contributed by atoms with Crippen molar-refractivity contribution in [3.05, 3.63) is 82.6 Å². The zero-order valence-electron chi connectivity index (χ0n) is 17.8. The number of likely N-dealkylation sites (N-methyl/N-ethyl adjacent to an activating group) is 1. The second-order valence-corrected chi connectivity index (χ2v) is 7.34. The summed E-state index contributed by atoms with van der Waals surface area (Å²) < 4.78 is 5.35. The van der Waals surface area contributed by atoms with E-state index in [1.165, 1.54) is 5.56 Å². The van der Waals surface area contributed by atoms with Crippen molar-refractivity contribution in [1.29, 1.82) is 0 Å². The van der Waals surface area contributed by atoms with E-state index in [9.17, 15) is 9.59 Å². The molecule has 0 unspecified atom stereocenters. The summed E-state index contributed by atoms with van der Waals surface area (Å²) in [4.78, 5) is 27.5. The van der Waals surface area contributed by atoms with Crippen molar-refractivity contribution in [3.63, 3.8) is 0 Å². The highest BCUT2D eigenvalue weighted by atomic mass is 16.5. The number of nitrogens with zero attached hydrogens (tertiary/aromatic N) is 1. The maximum atomic E-state index is 12.9. The predicted octanol–water partition coefficient (Wildman–Crippen LogP) is 3.69. The fourth-order valence-corrected chi connectivity index (χ4v) is 3.55. The Labute approximate surface area is 177 Å². The number of carbonyl (C=O) groups excluding carboxylic acids is 2. The van der Waals surface area contributed by atoms with E-state index < -0.39 is 12.0 Å². The molecule has 1 heterocycles. The number of amides is 2. The molecule has 30 heavy (non-hydrogen) atoms. The Balaban J connectivity index is 1.96. The molecule has 158 valence electrons. The van der Waals surface area contributed by atoms with Crippen LogP contribution in [0.3, 0.4) is 0 Å². The monoisotopic (exact) mass is 407 g/mol. The van der Waals surface area contributed by atoms with Crippen LogP contribution in [0.2, 0.25) is 0 Å². The van der Waals surface area contributed by atoms with Crippen LogP contribution >= 0.6 is 0 Å². The van der Waals surface area contributed by atoms with E-state index in [0.29, 0.717) is 17.8 Å². The number of hydrogen-bond donors (Lipinski definition) is 2. The number of nitrogens with one attached hydrogen (secondary N) is 2. The van der Waals surface area contributed by atoms with Gasteiger partial charge in [-0.15, -0.1) is 0 Å². The van der Waals surface area contributed by atoms with Crippen LogP contribution in [-0.2, 0) is 16.1 Å². The molecule has 0 aliphatic carbocycles. The summed E-state index contributed by atoms with van der Waals surface area (Å²) in [5.41, 5.74) is 4.17. The minimum Gasteiger partial charge on any atom is -0.463 e. The Morgan fingerprint density at radius 1 is 1.03 bits per heavy atom. The van der Waals surface area contributed by atoms with Crippen molar-refractivity contribution in [2.45, 2.75) is 33.4 Å². The maximum Gasteiger partial charge on any atom is 0.338 e. The summed E-state index contributed by atoms with van der Waals surface area (Å²) in [6, 6.07) is 17.1. The van der Waals surface area contributed by atoms with Crippen molar-refractivity contribution in [2.75, 3.05) is 19.7 Å². The topological polar surface area (TPSA) is 70.7 Å². The Kier molecular flexibility index (Phi) is 7.25. The fraction of sp³-hybridized carbons (Fsp3) is 0.333. The standard InChI is InChI=1S/C24H29N3O3/c1-4-27(15-18-9-7-6-8-10-18)16-20-21(23(28)30-5-2)22(26-24(29)25-20)19-13-11-17(3)12-14-19/h6-14,22H,4-5,15-16H2,1-3H3,(H2,25,26,29)/t22-/m1/s1. The molecule has 2 aromatic rings. The molecular weight excluding hydrogens is 378 g/mol. The van der Waals surface area contributed by atoms with Gasteiger partial charge in [-0.2, -0.15) is 0 Å². The third-order valence-electron chi connectivity index (χ3n) is 5.14. The van der Waals surface area contributed by atoms with E-state index in [2.05, 4.69) is 34.6 Å². The molecule has 0 bridgehead atoms. The molecule has 2 amide bonds. The van der Waals surface area contributed by atoms with E-state index in [1.807, 2.05) is 49.4 Å². The lowest BCUT2D eigenvalue weighted by Crippen LogP contribution is -2.48. The molecule has 0 saturated heterocycles. The van der Waals surface area contributed by atoms with Gasteiger partial charge in [0.2, 0.25) is 0 Å². The SMILES string of the molecule is CCOC(=O)C1=C(CN(CC)Cc2ccccc2)NC(=O)N[C@@H]1c1ccc(C)cc1. The molecule has 2 N–H and O–H groups in total. The summed E-state index contributed by atoms with van der Waals surface area (Å²) in [5, 5.41) is 5.74. The molecular formula is C24H29N3O3. The van der Waals surface area contributed by atoms with E-state index >= 15 is 0 Å². The Bertz CT molecular complexity index is 907. The normalized spacial score (nSPS) is 16.3. The number of urea groups is 1. The van der Waals surface area contributed by atoms with Crippen LogP contribution in [0.25, 0.3) is 0 Å². The average molecular weight is 408 g/mol. The Morgan fingerprint density at radius 2 is 1.73 bits per heavy atom. The molecule has 2 aromatic carbocycles. The number of carbonyl (C=O) groups is 2. The van der Waals surface area contributed by atoms with E-state index in [1.54, 1.807) is 6.92 Å². The number of hydrogen-bond acceptors (Lipinski definition) is 4. The van der Waals surface area contributed by atoms with Gasteiger partial charge in [-0.1, -0.05) is 67.1 Å². The quantitative estimate of drug-likeness (QED) is 0.655. The number of aryl methyl sites for hydroxylation is 1. The third kappa shape index (κ3) is 5.27. The fourth-order valence-electron chi connectivity index (χ4n) is 3.55. The van der Waals surface area contributed by atoms with Gasteiger partial charge in [-0.25, -0.2) is 9.59 Å². The molecule has 0 radical (unpaired) electrons. The van der Waals surface area contributed by atoms with Crippen LogP contribution in [0.5, 0.6) is 0 Å². The molecule has 0 spiro atoms. The van der Waals surface area contributed by atoms with Crippen LogP contribution in [0.4, 0.5) is 4.79 Å². The van der Waals surface area contributed by atoms with Crippen molar-refractivity contribution < 1.29 is 14.3 Å². The molecule has 3 rings (SSSR count). The van der Waals surface area contributed by atoms with Gasteiger partial charge in [0.15, 0.2) is 0 Å². The van der Waals surface area contributed by atoms with E-state index in [4.69, 9.17) is 4.74 Å². The number of rotatable bonds is 8. The second kappa shape index (κ2) is 10.1. The lowest BCUT2D eigenvalue weighted by molar-refractivity contribution is -0.139. The zero-order chi connectivity index (χ0) is 21.5. The molecule has 1 atom stereocenters. The van der Waals surface area contributed by atoms with Crippen LogP contribution in [0.1, 0.15) is 36.6 Å². The van der Waals surface area contributed by atoms with E-state index in [-0.39, 0.29) is 12.6 Å². The van der Waals surface area contributed by atoms with Gasteiger partial charge in [0.25, 0.3) is 0 Å². The van der Waals surface area contributed by atoms with Crippen molar-refractivity contribution >= 4 is 12.0 Å². The first-order valence-electron chi connectivity index (χ1n) is 10.3. The smallest absolute Gasteiger partial charge is 0.338 e. The molecule has 6 nitrogen and oxygen atoms in total. The first-order valence-corrected chi connectivity index (χ1v) is 10.3.